The second kappa shape index (κ2) is 8.60. The minimum Gasteiger partial charge on any atom is -0.495 e. The second-order valence-corrected chi connectivity index (χ2v) is 7.81. The highest BCUT2D eigenvalue weighted by atomic mass is 35.5. The Kier molecular flexibility index (Phi) is 6.69. The van der Waals surface area contributed by atoms with Gasteiger partial charge in [0, 0.05) is 24.7 Å². The third-order valence-corrected chi connectivity index (χ3v) is 5.66. The van der Waals surface area contributed by atoms with Gasteiger partial charge in [-0.2, -0.15) is 0 Å². The molecule has 3 N–H and O–H groups in total. The maximum absolute atomic E-state index is 12.6. The number of carbonyl (C=O) groups excluding carboxylic acids is 1. The van der Waals surface area contributed by atoms with E-state index in [1.165, 1.54) is 31.4 Å². The number of rotatable bonds is 5. The van der Waals surface area contributed by atoms with Crippen molar-refractivity contribution in [1.29, 1.82) is 0 Å². The van der Waals surface area contributed by atoms with E-state index in [4.69, 9.17) is 10.5 Å². The summed E-state index contributed by atoms with van der Waals surface area (Å²) in [6, 6.07) is 12.6. The zero-order valence-corrected chi connectivity index (χ0v) is 16.4. The standard InChI is InChI=1S/C18H21N3O4S.ClH/c1-25-17-5-3-2-4-16(17)20-26(23,24)15-8-6-13(7-9-15)18(22)21-11-10-14(19)12-21;/h2-9,14,20H,10-12,19H2,1H3;1H/t14-;/m1./s1. The highest BCUT2D eigenvalue weighted by Gasteiger charge is 2.25. The van der Waals surface area contributed by atoms with Crippen molar-refractivity contribution in [2.45, 2.75) is 17.4 Å². The summed E-state index contributed by atoms with van der Waals surface area (Å²) in [6.45, 7) is 1.14. The summed E-state index contributed by atoms with van der Waals surface area (Å²) in [7, 11) is -2.32. The first-order chi connectivity index (χ1) is 12.4. The molecule has 27 heavy (non-hydrogen) atoms. The average molecular weight is 412 g/mol. The molecule has 0 saturated carbocycles. The molecular formula is C18H22ClN3O4S. The number of anilines is 1. The van der Waals surface area contributed by atoms with Crippen LogP contribution >= 0.6 is 12.4 Å². The Bertz CT molecular complexity index is 903. The quantitative estimate of drug-likeness (QED) is 0.784. The van der Waals surface area contributed by atoms with Crippen LogP contribution in [0.15, 0.2) is 53.4 Å². The van der Waals surface area contributed by atoms with E-state index in [9.17, 15) is 13.2 Å². The Morgan fingerprint density at radius 3 is 2.44 bits per heavy atom. The number of nitrogens with two attached hydrogens (primary N) is 1. The van der Waals surface area contributed by atoms with Crippen LogP contribution in [-0.4, -0.2) is 45.5 Å². The van der Waals surface area contributed by atoms with Crippen molar-refractivity contribution in [1.82, 2.24) is 4.90 Å². The van der Waals surface area contributed by atoms with Gasteiger partial charge in [-0.3, -0.25) is 9.52 Å². The lowest BCUT2D eigenvalue weighted by molar-refractivity contribution is 0.0791. The highest BCUT2D eigenvalue weighted by Crippen LogP contribution is 2.26. The molecule has 0 bridgehead atoms. The van der Waals surface area contributed by atoms with Crippen LogP contribution in [0.1, 0.15) is 16.8 Å². The van der Waals surface area contributed by atoms with Crippen LogP contribution in [-0.2, 0) is 10.0 Å². The molecule has 0 aliphatic carbocycles. The Morgan fingerprint density at radius 1 is 1.19 bits per heavy atom. The first-order valence-corrected chi connectivity index (χ1v) is 9.70. The van der Waals surface area contributed by atoms with E-state index < -0.39 is 10.0 Å². The van der Waals surface area contributed by atoms with Crippen LogP contribution in [0.3, 0.4) is 0 Å². The molecule has 0 radical (unpaired) electrons. The molecule has 1 aliphatic rings. The van der Waals surface area contributed by atoms with E-state index in [-0.39, 0.29) is 29.3 Å². The number of nitrogens with one attached hydrogen (secondary N) is 1. The molecule has 7 nitrogen and oxygen atoms in total. The van der Waals surface area contributed by atoms with Crippen LogP contribution in [0.2, 0.25) is 0 Å². The zero-order chi connectivity index (χ0) is 18.7. The maximum Gasteiger partial charge on any atom is 0.262 e. The molecule has 1 aliphatic heterocycles. The molecule has 9 heteroatoms. The molecule has 0 unspecified atom stereocenters. The van der Waals surface area contributed by atoms with Crippen LogP contribution in [0.25, 0.3) is 0 Å². The minimum absolute atomic E-state index is 0. The number of hydrogen-bond acceptors (Lipinski definition) is 5. The number of benzene rings is 2. The first kappa shape index (κ1) is 21.0. The van der Waals surface area contributed by atoms with E-state index in [2.05, 4.69) is 4.72 Å². The van der Waals surface area contributed by atoms with Crippen LogP contribution in [0.4, 0.5) is 5.69 Å². The average Bonchev–Trinajstić information content (AvgIpc) is 3.08. The molecule has 1 amide bonds. The molecule has 1 heterocycles. The van der Waals surface area contributed by atoms with Crippen LogP contribution in [0.5, 0.6) is 5.75 Å². The van der Waals surface area contributed by atoms with Crippen molar-refractivity contribution in [3.8, 4) is 5.75 Å². The lowest BCUT2D eigenvalue weighted by Crippen LogP contribution is -2.31. The molecule has 0 spiro atoms. The SMILES string of the molecule is COc1ccccc1NS(=O)(=O)c1ccc(C(=O)N2CC[C@@H](N)C2)cc1.Cl. The number of para-hydroxylation sites is 2. The molecule has 2 aromatic rings. The minimum atomic E-state index is -3.79. The number of ether oxygens (including phenoxy) is 1. The summed E-state index contributed by atoms with van der Waals surface area (Å²) < 4.78 is 32.8. The van der Waals surface area contributed by atoms with Gasteiger partial charge < -0.3 is 15.4 Å². The van der Waals surface area contributed by atoms with Crippen molar-refractivity contribution < 1.29 is 17.9 Å². The third kappa shape index (κ3) is 4.71. The second-order valence-electron chi connectivity index (χ2n) is 6.13. The van der Waals surface area contributed by atoms with Gasteiger partial charge >= 0.3 is 0 Å². The number of halogens is 1. The summed E-state index contributed by atoms with van der Waals surface area (Å²) in [5.74, 6) is 0.285. The van der Waals surface area contributed by atoms with E-state index in [0.717, 1.165) is 6.42 Å². The molecule has 2 aromatic carbocycles. The summed E-state index contributed by atoms with van der Waals surface area (Å²) >= 11 is 0. The number of hydrogen-bond donors (Lipinski definition) is 2. The van der Waals surface area contributed by atoms with Gasteiger partial charge in [-0.1, -0.05) is 12.1 Å². The third-order valence-electron chi connectivity index (χ3n) is 4.27. The fourth-order valence-electron chi connectivity index (χ4n) is 2.86. The number of carbonyl (C=O) groups is 1. The molecule has 146 valence electrons. The van der Waals surface area contributed by atoms with E-state index >= 15 is 0 Å². The molecule has 0 aromatic heterocycles. The Morgan fingerprint density at radius 2 is 1.85 bits per heavy atom. The largest absolute Gasteiger partial charge is 0.495 e. The molecule has 1 atom stereocenters. The summed E-state index contributed by atoms with van der Waals surface area (Å²) in [6.07, 6.45) is 0.779. The van der Waals surface area contributed by atoms with Gasteiger partial charge in [0.1, 0.15) is 5.75 Å². The normalized spacial score (nSPS) is 16.5. The zero-order valence-electron chi connectivity index (χ0n) is 14.8. The smallest absolute Gasteiger partial charge is 0.262 e. The Balaban J connectivity index is 0.00000261. The predicted molar refractivity (Wildman–Crippen MR) is 106 cm³/mol. The van der Waals surface area contributed by atoms with Crippen molar-refractivity contribution in [3.05, 3.63) is 54.1 Å². The summed E-state index contributed by atoms with van der Waals surface area (Å²) in [5.41, 5.74) is 6.62. The number of likely N-dealkylation sites (tertiary alicyclic amines) is 1. The molecular weight excluding hydrogens is 390 g/mol. The Labute approximate surface area is 165 Å². The van der Waals surface area contributed by atoms with Gasteiger partial charge in [0.2, 0.25) is 0 Å². The lowest BCUT2D eigenvalue weighted by Gasteiger charge is -2.16. The number of nitrogens with zero attached hydrogens (tertiary/aromatic N) is 1. The van der Waals surface area contributed by atoms with Crippen molar-refractivity contribution in [3.63, 3.8) is 0 Å². The molecule has 1 saturated heterocycles. The van der Waals surface area contributed by atoms with Crippen LogP contribution < -0.4 is 15.2 Å². The molecule has 1 fully saturated rings. The van der Waals surface area contributed by atoms with E-state index in [0.29, 0.717) is 30.1 Å². The van der Waals surface area contributed by atoms with Crippen molar-refractivity contribution >= 4 is 34.0 Å². The number of sulfonamides is 1. The number of methoxy groups -OCH3 is 1. The predicted octanol–water partition coefficient (Wildman–Crippen LogP) is 2.09. The topological polar surface area (TPSA) is 102 Å². The van der Waals surface area contributed by atoms with E-state index in [1.54, 1.807) is 29.2 Å². The fourth-order valence-corrected chi connectivity index (χ4v) is 3.93. The van der Waals surface area contributed by atoms with Gasteiger partial charge in [-0.25, -0.2) is 8.42 Å². The van der Waals surface area contributed by atoms with Crippen molar-refractivity contribution in [2.24, 2.45) is 5.73 Å². The number of amides is 1. The van der Waals surface area contributed by atoms with Gasteiger partial charge in [-0.15, -0.1) is 12.4 Å². The van der Waals surface area contributed by atoms with Crippen LogP contribution in [0, 0.1) is 0 Å². The van der Waals surface area contributed by atoms with E-state index in [1.807, 2.05) is 0 Å². The highest BCUT2D eigenvalue weighted by molar-refractivity contribution is 7.92. The summed E-state index contributed by atoms with van der Waals surface area (Å²) in [5, 5.41) is 0. The van der Waals surface area contributed by atoms with Gasteiger partial charge in [0.15, 0.2) is 0 Å². The van der Waals surface area contributed by atoms with Gasteiger partial charge in [0.25, 0.3) is 15.9 Å². The fraction of sp³-hybridized carbons (Fsp3) is 0.278. The van der Waals surface area contributed by atoms with Gasteiger partial charge in [-0.05, 0) is 42.8 Å². The van der Waals surface area contributed by atoms with Gasteiger partial charge in [0.05, 0.1) is 17.7 Å². The summed E-state index contributed by atoms with van der Waals surface area (Å²) in [4.78, 5) is 14.2. The first-order valence-electron chi connectivity index (χ1n) is 8.21. The lowest BCUT2D eigenvalue weighted by atomic mass is 10.2. The Hall–Kier alpha value is -2.29. The monoisotopic (exact) mass is 411 g/mol. The van der Waals surface area contributed by atoms with Crippen molar-refractivity contribution in [2.75, 3.05) is 24.9 Å². The maximum atomic E-state index is 12.6. The molecule has 3 rings (SSSR count).